The molecule has 4 nitrogen and oxygen atoms in total. The molecule has 0 aliphatic carbocycles. The van der Waals surface area contributed by atoms with E-state index in [4.69, 9.17) is 10.5 Å². The first-order valence-electron chi connectivity index (χ1n) is 7.93. The number of ether oxygens (including phenoxy) is 1. The molecule has 4 rings (SSSR count). The van der Waals surface area contributed by atoms with E-state index in [9.17, 15) is 9.18 Å². The Morgan fingerprint density at radius 1 is 1.26 bits per heavy atom. The van der Waals surface area contributed by atoms with Crippen molar-refractivity contribution in [2.75, 3.05) is 5.73 Å². The van der Waals surface area contributed by atoms with Crippen molar-refractivity contribution in [1.82, 2.24) is 4.98 Å². The molecule has 27 heavy (non-hydrogen) atoms. The number of thiophene rings is 2. The van der Waals surface area contributed by atoms with E-state index in [1.54, 1.807) is 23.5 Å². The lowest BCUT2D eigenvalue weighted by Gasteiger charge is -2.08. The lowest BCUT2D eigenvalue weighted by Crippen LogP contribution is -2.01. The number of hydrogen-bond donors (Lipinski definition) is 1. The molecule has 0 spiro atoms. The first kappa shape index (κ1) is 17.4. The molecule has 0 radical (unpaired) electrons. The smallest absolute Gasteiger partial charge is 0.355 e. The van der Waals surface area contributed by atoms with Gasteiger partial charge in [0.15, 0.2) is 0 Å². The van der Waals surface area contributed by atoms with Crippen LogP contribution in [0, 0.1) is 5.82 Å². The molecule has 0 aliphatic heterocycles. The summed E-state index contributed by atoms with van der Waals surface area (Å²) in [6.45, 7) is 3.40. The topological polar surface area (TPSA) is 65.2 Å². The molecule has 0 saturated heterocycles. The number of carbonyl (C=O) groups is 1. The third kappa shape index (κ3) is 3.11. The summed E-state index contributed by atoms with van der Waals surface area (Å²) in [6, 6.07) is 12.0. The van der Waals surface area contributed by atoms with Gasteiger partial charge in [-0.2, -0.15) is 0 Å². The van der Waals surface area contributed by atoms with Gasteiger partial charge in [0, 0.05) is 5.39 Å². The molecule has 3 aromatic heterocycles. The first-order chi connectivity index (χ1) is 13.1. The molecule has 0 fully saturated rings. The van der Waals surface area contributed by atoms with E-state index in [0.717, 1.165) is 28.0 Å². The Balaban J connectivity index is 2.01. The molecule has 0 atom stereocenters. The number of halogens is 1. The maximum Gasteiger partial charge on any atom is 0.355 e. The molecule has 4 aromatic rings. The van der Waals surface area contributed by atoms with Crippen molar-refractivity contribution in [1.29, 1.82) is 0 Å². The van der Waals surface area contributed by atoms with Crippen LogP contribution in [0.15, 0.2) is 60.7 Å². The highest BCUT2D eigenvalue weighted by Crippen LogP contribution is 2.42. The van der Waals surface area contributed by atoms with E-state index in [2.05, 4.69) is 11.6 Å². The van der Waals surface area contributed by atoms with Gasteiger partial charge >= 0.3 is 5.97 Å². The van der Waals surface area contributed by atoms with E-state index in [0.29, 0.717) is 15.9 Å². The number of rotatable bonds is 4. The average molecular weight is 396 g/mol. The summed E-state index contributed by atoms with van der Waals surface area (Å²) in [5.74, 6) is -0.899. The zero-order chi connectivity index (χ0) is 19.0. The second-order valence-corrected chi connectivity index (χ2v) is 7.58. The van der Waals surface area contributed by atoms with Gasteiger partial charge in [0.05, 0.1) is 22.5 Å². The van der Waals surface area contributed by atoms with Crippen LogP contribution in [0.4, 0.5) is 10.1 Å². The molecule has 0 amide bonds. The molecule has 134 valence electrons. The molecular weight excluding hydrogens is 383 g/mol. The minimum atomic E-state index is -0.576. The van der Waals surface area contributed by atoms with E-state index in [-0.39, 0.29) is 10.7 Å². The fourth-order valence-corrected chi connectivity index (χ4v) is 4.50. The Kier molecular flexibility index (Phi) is 4.47. The molecular formula is C20H13FN2O2S2. The lowest BCUT2D eigenvalue weighted by atomic mass is 10.0. The van der Waals surface area contributed by atoms with Crippen LogP contribution < -0.4 is 5.73 Å². The number of nitrogens with two attached hydrogens (primary N) is 1. The number of pyridine rings is 1. The summed E-state index contributed by atoms with van der Waals surface area (Å²) in [7, 11) is 0. The SMILES string of the molecule is C=COC(=O)c1sc2nc(-c3cccs3)cc(-c3ccc(F)cc3)c2c1N. The van der Waals surface area contributed by atoms with Crippen LogP contribution in [0.25, 0.3) is 31.9 Å². The number of carbonyl (C=O) groups excluding carboxylic acids is 1. The minimum absolute atomic E-state index is 0.268. The van der Waals surface area contributed by atoms with Gasteiger partial charge in [0.1, 0.15) is 15.5 Å². The van der Waals surface area contributed by atoms with Crippen molar-refractivity contribution in [3.05, 3.63) is 71.4 Å². The van der Waals surface area contributed by atoms with E-state index < -0.39 is 5.97 Å². The fourth-order valence-electron chi connectivity index (χ4n) is 2.81. The van der Waals surface area contributed by atoms with Gasteiger partial charge in [-0.1, -0.05) is 24.8 Å². The largest absolute Gasteiger partial charge is 0.431 e. The van der Waals surface area contributed by atoms with Gasteiger partial charge in [-0.25, -0.2) is 14.2 Å². The maximum atomic E-state index is 13.4. The monoisotopic (exact) mass is 396 g/mol. The maximum absolute atomic E-state index is 13.4. The second kappa shape index (κ2) is 6.94. The van der Waals surface area contributed by atoms with Crippen LogP contribution >= 0.6 is 22.7 Å². The summed E-state index contributed by atoms with van der Waals surface area (Å²) < 4.78 is 18.3. The summed E-state index contributed by atoms with van der Waals surface area (Å²) in [5.41, 5.74) is 8.91. The summed E-state index contributed by atoms with van der Waals surface area (Å²) >= 11 is 2.73. The van der Waals surface area contributed by atoms with Crippen molar-refractivity contribution < 1.29 is 13.9 Å². The van der Waals surface area contributed by atoms with Crippen LogP contribution in [-0.2, 0) is 4.74 Å². The molecule has 0 aliphatic rings. The predicted molar refractivity (Wildman–Crippen MR) is 108 cm³/mol. The van der Waals surface area contributed by atoms with Crippen LogP contribution in [0.1, 0.15) is 9.67 Å². The Morgan fingerprint density at radius 2 is 2.04 bits per heavy atom. The number of anilines is 1. The molecule has 2 N–H and O–H groups in total. The summed E-state index contributed by atoms with van der Waals surface area (Å²) in [5, 5.41) is 2.62. The fraction of sp³-hybridized carbons (Fsp3) is 0. The number of fused-ring (bicyclic) bond motifs is 1. The number of hydrogen-bond acceptors (Lipinski definition) is 6. The zero-order valence-electron chi connectivity index (χ0n) is 13.9. The lowest BCUT2D eigenvalue weighted by molar-refractivity contribution is 0.0670. The van der Waals surface area contributed by atoms with Crippen molar-refractivity contribution in [2.45, 2.75) is 0 Å². The van der Waals surface area contributed by atoms with Crippen LogP contribution in [0.5, 0.6) is 0 Å². The van der Waals surface area contributed by atoms with Crippen LogP contribution in [0.2, 0.25) is 0 Å². The Hall–Kier alpha value is -3.03. The van der Waals surface area contributed by atoms with Crippen molar-refractivity contribution >= 4 is 44.5 Å². The van der Waals surface area contributed by atoms with Crippen LogP contribution in [0.3, 0.4) is 0 Å². The van der Waals surface area contributed by atoms with E-state index in [1.165, 1.54) is 23.5 Å². The molecule has 0 saturated carbocycles. The quantitative estimate of drug-likeness (QED) is 0.354. The summed E-state index contributed by atoms with van der Waals surface area (Å²) in [4.78, 5) is 18.8. The van der Waals surface area contributed by atoms with Crippen LogP contribution in [-0.4, -0.2) is 11.0 Å². The highest BCUT2D eigenvalue weighted by atomic mass is 32.1. The minimum Gasteiger partial charge on any atom is -0.431 e. The molecule has 0 bridgehead atoms. The number of nitrogen functional groups attached to an aromatic ring is 1. The molecule has 0 unspecified atom stereocenters. The summed E-state index contributed by atoms with van der Waals surface area (Å²) in [6.07, 6.45) is 1.07. The zero-order valence-corrected chi connectivity index (χ0v) is 15.6. The highest BCUT2D eigenvalue weighted by molar-refractivity contribution is 7.21. The Labute approximate surface area is 162 Å². The number of esters is 1. The predicted octanol–water partition coefficient (Wildman–Crippen LogP) is 5.71. The standard InChI is InChI=1S/C20H13FN2O2S2/c1-2-25-20(24)18-17(22)16-13(11-5-7-12(21)8-6-11)10-14(23-19(16)27-18)15-4-3-9-26-15/h2-10H,1,22H2. The first-order valence-corrected chi connectivity index (χ1v) is 9.63. The van der Waals surface area contributed by atoms with Gasteiger partial charge in [-0.3, -0.25) is 0 Å². The highest BCUT2D eigenvalue weighted by Gasteiger charge is 2.22. The van der Waals surface area contributed by atoms with Gasteiger partial charge < -0.3 is 10.5 Å². The third-order valence-corrected chi connectivity index (χ3v) is 5.98. The molecule has 7 heteroatoms. The van der Waals surface area contributed by atoms with Gasteiger partial charge in [0.25, 0.3) is 0 Å². The van der Waals surface area contributed by atoms with Gasteiger partial charge in [-0.15, -0.1) is 22.7 Å². The van der Waals surface area contributed by atoms with Crippen molar-refractivity contribution in [3.63, 3.8) is 0 Å². The number of benzene rings is 1. The van der Waals surface area contributed by atoms with Crippen molar-refractivity contribution in [2.24, 2.45) is 0 Å². The number of aromatic nitrogens is 1. The van der Waals surface area contributed by atoms with Crippen molar-refractivity contribution in [3.8, 4) is 21.7 Å². The normalized spacial score (nSPS) is 10.9. The Bertz CT molecular complexity index is 1150. The molecule has 3 heterocycles. The van der Waals surface area contributed by atoms with E-state index in [1.807, 2.05) is 23.6 Å². The average Bonchev–Trinajstić information content (AvgIpc) is 3.30. The number of nitrogens with zero attached hydrogens (tertiary/aromatic N) is 1. The molecule has 1 aromatic carbocycles. The van der Waals surface area contributed by atoms with Gasteiger partial charge in [0.2, 0.25) is 0 Å². The van der Waals surface area contributed by atoms with Gasteiger partial charge in [-0.05, 0) is 40.8 Å². The Morgan fingerprint density at radius 3 is 2.70 bits per heavy atom. The van der Waals surface area contributed by atoms with E-state index >= 15 is 0 Å². The second-order valence-electron chi connectivity index (χ2n) is 5.64. The third-order valence-electron chi connectivity index (χ3n) is 4.00.